The molecular formula is C14H17BrFNO3S. The van der Waals surface area contributed by atoms with Crippen LogP contribution in [0.15, 0.2) is 22.7 Å². The maximum absolute atomic E-state index is 12.8. The van der Waals surface area contributed by atoms with Crippen molar-refractivity contribution >= 4 is 37.7 Å². The molecule has 2 rings (SSSR count). The van der Waals surface area contributed by atoms with Gasteiger partial charge in [0.15, 0.2) is 0 Å². The SMILES string of the molecule is CC(C)c1cc(Br)ccc1N1CC(CS(=O)(=O)F)CC1=O. The van der Waals surface area contributed by atoms with Crippen LogP contribution in [0.4, 0.5) is 9.57 Å². The molecule has 0 aromatic heterocycles. The predicted molar refractivity (Wildman–Crippen MR) is 83.6 cm³/mol. The molecule has 1 saturated heterocycles. The molecule has 21 heavy (non-hydrogen) atoms. The van der Waals surface area contributed by atoms with E-state index < -0.39 is 21.9 Å². The minimum absolute atomic E-state index is 0.0662. The summed E-state index contributed by atoms with van der Waals surface area (Å²) in [6, 6.07) is 5.63. The normalized spacial score (nSPS) is 19.6. The first-order chi connectivity index (χ1) is 9.67. The number of halogens is 2. The summed E-state index contributed by atoms with van der Waals surface area (Å²) < 4.78 is 35.2. The fraction of sp³-hybridized carbons (Fsp3) is 0.500. The zero-order chi connectivity index (χ0) is 15.8. The summed E-state index contributed by atoms with van der Waals surface area (Å²) in [7, 11) is -4.56. The molecule has 0 aliphatic carbocycles. The molecule has 116 valence electrons. The van der Waals surface area contributed by atoms with Gasteiger partial charge >= 0.3 is 10.2 Å². The number of anilines is 1. The largest absolute Gasteiger partial charge is 0.312 e. The highest BCUT2D eigenvalue weighted by atomic mass is 79.9. The number of nitrogens with zero attached hydrogens (tertiary/aromatic N) is 1. The molecular weight excluding hydrogens is 361 g/mol. The van der Waals surface area contributed by atoms with E-state index in [1.165, 1.54) is 0 Å². The average Bonchev–Trinajstić information content (AvgIpc) is 2.67. The van der Waals surface area contributed by atoms with Gasteiger partial charge in [-0.05, 0) is 29.7 Å². The van der Waals surface area contributed by atoms with E-state index >= 15 is 0 Å². The average molecular weight is 378 g/mol. The zero-order valence-corrected chi connectivity index (χ0v) is 14.2. The number of hydrogen-bond acceptors (Lipinski definition) is 3. The second-order valence-electron chi connectivity index (χ2n) is 5.64. The smallest absolute Gasteiger partial charge is 0.302 e. The number of carbonyl (C=O) groups excluding carboxylic acids is 1. The zero-order valence-electron chi connectivity index (χ0n) is 11.8. The fourth-order valence-corrected chi connectivity index (χ4v) is 3.81. The lowest BCUT2D eigenvalue weighted by atomic mass is 10.0. The van der Waals surface area contributed by atoms with Gasteiger partial charge in [0.25, 0.3) is 0 Å². The van der Waals surface area contributed by atoms with E-state index in [4.69, 9.17) is 0 Å². The molecule has 0 N–H and O–H groups in total. The van der Waals surface area contributed by atoms with Crippen LogP contribution in [0.1, 0.15) is 31.7 Å². The third-order valence-electron chi connectivity index (χ3n) is 3.54. The van der Waals surface area contributed by atoms with Crippen molar-refractivity contribution in [3.05, 3.63) is 28.2 Å². The summed E-state index contributed by atoms with van der Waals surface area (Å²) in [4.78, 5) is 13.7. The van der Waals surface area contributed by atoms with Crippen molar-refractivity contribution in [3.63, 3.8) is 0 Å². The molecule has 0 spiro atoms. The molecule has 1 aromatic carbocycles. The van der Waals surface area contributed by atoms with E-state index in [2.05, 4.69) is 15.9 Å². The quantitative estimate of drug-likeness (QED) is 0.756. The van der Waals surface area contributed by atoms with Gasteiger partial charge in [0.05, 0.1) is 5.75 Å². The van der Waals surface area contributed by atoms with Gasteiger partial charge in [-0.2, -0.15) is 8.42 Å². The van der Waals surface area contributed by atoms with Crippen LogP contribution in [-0.2, 0) is 15.0 Å². The number of benzene rings is 1. The molecule has 1 unspecified atom stereocenters. The number of rotatable bonds is 4. The van der Waals surface area contributed by atoms with Crippen molar-refractivity contribution in [2.24, 2.45) is 5.92 Å². The second kappa shape index (κ2) is 6.04. The van der Waals surface area contributed by atoms with Gasteiger partial charge in [0, 0.05) is 29.0 Å². The third kappa shape index (κ3) is 4.03. The molecule has 1 amide bonds. The Kier molecular flexibility index (Phi) is 4.72. The van der Waals surface area contributed by atoms with E-state index in [0.29, 0.717) is 0 Å². The van der Waals surface area contributed by atoms with Crippen LogP contribution < -0.4 is 4.90 Å². The summed E-state index contributed by atoms with van der Waals surface area (Å²) in [5.41, 5.74) is 1.78. The Bertz CT molecular complexity index is 660. The summed E-state index contributed by atoms with van der Waals surface area (Å²) in [6.07, 6.45) is 0.0662. The van der Waals surface area contributed by atoms with E-state index in [0.717, 1.165) is 15.7 Å². The van der Waals surface area contributed by atoms with Gasteiger partial charge in [-0.25, -0.2) is 0 Å². The maximum Gasteiger partial charge on any atom is 0.302 e. The van der Waals surface area contributed by atoms with Gasteiger partial charge in [0.2, 0.25) is 5.91 Å². The van der Waals surface area contributed by atoms with Gasteiger partial charge in [0.1, 0.15) is 0 Å². The first-order valence-electron chi connectivity index (χ1n) is 6.69. The molecule has 1 fully saturated rings. The Morgan fingerprint density at radius 3 is 2.67 bits per heavy atom. The van der Waals surface area contributed by atoms with Crippen LogP contribution in [0.3, 0.4) is 0 Å². The van der Waals surface area contributed by atoms with Crippen LogP contribution in [0.2, 0.25) is 0 Å². The molecule has 1 atom stereocenters. The third-order valence-corrected chi connectivity index (χ3v) is 4.91. The van der Waals surface area contributed by atoms with Crippen LogP contribution in [-0.4, -0.2) is 26.6 Å². The number of amides is 1. The Balaban J connectivity index is 2.29. The number of carbonyl (C=O) groups is 1. The molecule has 7 heteroatoms. The van der Waals surface area contributed by atoms with Crippen molar-refractivity contribution in [2.75, 3.05) is 17.2 Å². The van der Waals surface area contributed by atoms with Gasteiger partial charge in [-0.15, -0.1) is 3.89 Å². The topological polar surface area (TPSA) is 54.5 Å². The van der Waals surface area contributed by atoms with Crippen LogP contribution in [0, 0.1) is 5.92 Å². The van der Waals surface area contributed by atoms with Gasteiger partial charge in [-0.1, -0.05) is 29.8 Å². The monoisotopic (exact) mass is 377 g/mol. The van der Waals surface area contributed by atoms with Crippen molar-refractivity contribution in [1.82, 2.24) is 0 Å². The summed E-state index contributed by atoms with van der Waals surface area (Å²) in [6.45, 7) is 4.29. The summed E-state index contributed by atoms with van der Waals surface area (Å²) in [5, 5.41) is 0. The first kappa shape index (κ1) is 16.4. The van der Waals surface area contributed by atoms with Crippen molar-refractivity contribution in [1.29, 1.82) is 0 Å². The molecule has 0 bridgehead atoms. The van der Waals surface area contributed by atoms with E-state index in [9.17, 15) is 17.1 Å². The Labute approximate surface area is 132 Å². The highest BCUT2D eigenvalue weighted by molar-refractivity contribution is 9.10. The van der Waals surface area contributed by atoms with Gasteiger partial charge in [-0.3, -0.25) is 4.79 Å². The van der Waals surface area contributed by atoms with Crippen LogP contribution in [0.25, 0.3) is 0 Å². The fourth-order valence-electron chi connectivity index (χ4n) is 2.64. The van der Waals surface area contributed by atoms with E-state index in [-0.39, 0.29) is 24.8 Å². The molecule has 4 nitrogen and oxygen atoms in total. The van der Waals surface area contributed by atoms with Crippen LogP contribution in [0.5, 0.6) is 0 Å². The highest BCUT2D eigenvalue weighted by Gasteiger charge is 2.34. The minimum Gasteiger partial charge on any atom is -0.312 e. The van der Waals surface area contributed by atoms with Crippen LogP contribution >= 0.6 is 15.9 Å². The van der Waals surface area contributed by atoms with Crippen molar-refractivity contribution in [3.8, 4) is 0 Å². The Morgan fingerprint density at radius 1 is 1.43 bits per heavy atom. The minimum atomic E-state index is -4.56. The molecule has 1 aliphatic rings. The van der Waals surface area contributed by atoms with Crippen molar-refractivity contribution in [2.45, 2.75) is 26.2 Å². The summed E-state index contributed by atoms with van der Waals surface area (Å²) >= 11 is 3.41. The molecule has 0 radical (unpaired) electrons. The highest BCUT2D eigenvalue weighted by Crippen LogP contribution is 2.34. The van der Waals surface area contributed by atoms with E-state index in [1.807, 2.05) is 32.0 Å². The molecule has 0 saturated carbocycles. The predicted octanol–water partition coefficient (Wildman–Crippen LogP) is 3.22. The molecule has 1 heterocycles. The maximum atomic E-state index is 12.8. The Hall–Kier alpha value is -0.950. The standard InChI is InChI=1S/C14H17BrFNO3S/c1-9(2)12-6-11(15)3-4-13(12)17-7-10(5-14(17)18)8-21(16,19)20/h3-4,6,9-10H,5,7-8H2,1-2H3. The lowest BCUT2D eigenvalue weighted by molar-refractivity contribution is -0.117. The lowest BCUT2D eigenvalue weighted by Gasteiger charge is -2.22. The van der Waals surface area contributed by atoms with Gasteiger partial charge < -0.3 is 4.90 Å². The summed E-state index contributed by atoms with van der Waals surface area (Å²) in [5.74, 6) is -1.03. The Morgan fingerprint density at radius 2 is 2.10 bits per heavy atom. The molecule has 1 aliphatic heterocycles. The number of hydrogen-bond donors (Lipinski definition) is 0. The first-order valence-corrected chi connectivity index (χ1v) is 9.04. The lowest BCUT2D eigenvalue weighted by Crippen LogP contribution is -2.26. The second-order valence-corrected chi connectivity index (χ2v) is 7.96. The molecule has 1 aromatic rings. The van der Waals surface area contributed by atoms with E-state index in [1.54, 1.807) is 4.90 Å². The van der Waals surface area contributed by atoms with Crippen molar-refractivity contribution < 1.29 is 17.1 Å².